The van der Waals surface area contributed by atoms with Crippen LogP contribution in [-0.4, -0.2) is 18.8 Å². The summed E-state index contributed by atoms with van der Waals surface area (Å²) in [4.78, 5) is 12.2. The zero-order chi connectivity index (χ0) is 12.0. The van der Waals surface area contributed by atoms with Crippen LogP contribution in [0.1, 0.15) is 24.0 Å². The summed E-state index contributed by atoms with van der Waals surface area (Å²) in [7, 11) is 1.43. The number of carbonyl (C=O) groups is 1. The van der Waals surface area contributed by atoms with Gasteiger partial charge in [-0.25, -0.2) is 0 Å². The van der Waals surface area contributed by atoms with Crippen LogP contribution in [0.25, 0.3) is 0 Å². The van der Waals surface area contributed by atoms with Crippen molar-refractivity contribution in [2.45, 2.75) is 31.6 Å². The summed E-state index contributed by atoms with van der Waals surface area (Å²) in [5.41, 5.74) is 2.64. The number of hydrogen-bond acceptors (Lipinski definition) is 3. The molecule has 0 aliphatic rings. The second-order valence-corrected chi connectivity index (χ2v) is 4.94. The van der Waals surface area contributed by atoms with E-state index in [1.165, 1.54) is 23.1 Å². The molecule has 0 amide bonds. The molecule has 0 saturated carbocycles. The normalized spacial score (nSPS) is 10.2. The van der Waals surface area contributed by atoms with Crippen LogP contribution in [0.15, 0.2) is 23.1 Å². The standard InChI is InChI=1S/C13H18O2S/c1-10-6-7-12(9-11(10)2)16-8-4-5-13(14)15-3/h6-7,9H,4-5,8H2,1-3H3. The fraction of sp³-hybridized carbons (Fsp3) is 0.462. The molecule has 0 unspecified atom stereocenters. The Morgan fingerprint density at radius 3 is 2.69 bits per heavy atom. The molecule has 2 nitrogen and oxygen atoms in total. The van der Waals surface area contributed by atoms with Crippen LogP contribution in [0, 0.1) is 13.8 Å². The van der Waals surface area contributed by atoms with Crippen LogP contribution in [0.2, 0.25) is 0 Å². The molecule has 0 aliphatic heterocycles. The number of benzene rings is 1. The first-order valence-electron chi connectivity index (χ1n) is 5.40. The Morgan fingerprint density at radius 2 is 2.06 bits per heavy atom. The van der Waals surface area contributed by atoms with Crippen molar-refractivity contribution in [3.05, 3.63) is 29.3 Å². The number of ether oxygens (including phenoxy) is 1. The van der Waals surface area contributed by atoms with Crippen LogP contribution < -0.4 is 0 Å². The number of hydrogen-bond donors (Lipinski definition) is 0. The zero-order valence-corrected chi connectivity index (χ0v) is 10.9. The van der Waals surface area contributed by atoms with Gasteiger partial charge in [0.1, 0.15) is 0 Å². The van der Waals surface area contributed by atoms with Crippen molar-refractivity contribution < 1.29 is 9.53 Å². The fourth-order valence-corrected chi connectivity index (χ4v) is 2.26. The van der Waals surface area contributed by atoms with E-state index in [9.17, 15) is 4.79 Å². The van der Waals surface area contributed by atoms with Gasteiger partial charge in [-0.05, 0) is 49.3 Å². The van der Waals surface area contributed by atoms with Gasteiger partial charge in [0.15, 0.2) is 0 Å². The van der Waals surface area contributed by atoms with Crippen molar-refractivity contribution in [3.8, 4) is 0 Å². The van der Waals surface area contributed by atoms with E-state index in [0.717, 1.165) is 12.2 Å². The van der Waals surface area contributed by atoms with E-state index < -0.39 is 0 Å². The molecule has 0 saturated heterocycles. The van der Waals surface area contributed by atoms with Crippen molar-refractivity contribution in [2.24, 2.45) is 0 Å². The Bertz CT molecular complexity index is 361. The average molecular weight is 238 g/mol. The predicted octanol–water partition coefficient (Wildman–Crippen LogP) is 3.35. The van der Waals surface area contributed by atoms with Crippen molar-refractivity contribution >= 4 is 17.7 Å². The zero-order valence-electron chi connectivity index (χ0n) is 10.1. The molecule has 0 radical (unpaired) electrons. The molecule has 88 valence electrons. The summed E-state index contributed by atoms with van der Waals surface area (Å²) in [6.45, 7) is 4.23. The molecule has 16 heavy (non-hydrogen) atoms. The smallest absolute Gasteiger partial charge is 0.305 e. The van der Waals surface area contributed by atoms with Crippen LogP contribution >= 0.6 is 11.8 Å². The summed E-state index contributed by atoms with van der Waals surface area (Å²) in [6.07, 6.45) is 1.37. The minimum absolute atomic E-state index is 0.124. The number of rotatable bonds is 5. The lowest BCUT2D eigenvalue weighted by Crippen LogP contribution is -1.99. The van der Waals surface area contributed by atoms with Crippen LogP contribution in [-0.2, 0) is 9.53 Å². The van der Waals surface area contributed by atoms with E-state index >= 15 is 0 Å². The van der Waals surface area contributed by atoms with Gasteiger partial charge >= 0.3 is 5.97 Å². The molecule has 0 aliphatic carbocycles. The monoisotopic (exact) mass is 238 g/mol. The van der Waals surface area contributed by atoms with Crippen molar-refractivity contribution in [3.63, 3.8) is 0 Å². The van der Waals surface area contributed by atoms with Gasteiger partial charge in [-0.15, -0.1) is 11.8 Å². The molecule has 3 heteroatoms. The average Bonchev–Trinajstić information content (AvgIpc) is 2.28. The van der Waals surface area contributed by atoms with Crippen molar-refractivity contribution in [2.75, 3.05) is 12.9 Å². The third-order valence-corrected chi connectivity index (χ3v) is 3.58. The van der Waals surface area contributed by atoms with Crippen LogP contribution in [0.5, 0.6) is 0 Å². The van der Waals surface area contributed by atoms with E-state index in [2.05, 4.69) is 36.8 Å². The van der Waals surface area contributed by atoms with Crippen molar-refractivity contribution in [1.29, 1.82) is 0 Å². The Morgan fingerprint density at radius 1 is 1.31 bits per heavy atom. The molecule has 0 spiro atoms. The van der Waals surface area contributed by atoms with E-state index in [1.807, 2.05) is 0 Å². The van der Waals surface area contributed by atoms with Crippen molar-refractivity contribution in [1.82, 2.24) is 0 Å². The molecular weight excluding hydrogens is 220 g/mol. The Kier molecular flexibility index (Phi) is 5.39. The molecule has 1 rings (SSSR count). The molecule has 0 heterocycles. The number of thioether (sulfide) groups is 1. The van der Waals surface area contributed by atoms with Gasteiger partial charge in [0.2, 0.25) is 0 Å². The first-order valence-corrected chi connectivity index (χ1v) is 6.39. The maximum absolute atomic E-state index is 10.9. The quantitative estimate of drug-likeness (QED) is 0.447. The second-order valence-electron chi connectivity index (χ2n) is 3.77. The molecule has 0 aromatic heterocycles. The van der Waals surface area contributed by atoms with E-state index in [4.69, 9.17) is 0 Å². The molecule has 0 fully saturated rings. The van der Waals surface area contributed by atoms with Gasteiger partial charge < -0.3 is 4.74 Å². The number of esters is 1. The lowest BCUT2D eigenvalue weighted by molar-refractivity contribution is -0.140. The number of aryl methyl sites for hydroxylation is 2. The third-order valence-electron chi connectivity index (χ3n) is 2.50. The number of carbonyl (C=O) groups excluding carboxylic acids is 1. The minimum Gasteiger partial charge on any atom is -0.469 e. The second kappa shape index (κ2) is 6.59. The van der Waals surface area contributed by atoms with Gasteiger partial charge in [-0.3, -0.25) is 4.79 Å². The highest BCUT2D eigenvalue weighted by Crippen LogP contribution is 2.22. The van der Waals surface area contributed by atoms with Gasteiger partial charge in [-0.2, -0.15) is 0 Å². The fourth-order valence-electron chi connectivity index (χ4n) is 1.31. The maximum atomic E-state index is 10.9. The number of methoxy groups -OCH3 is 1. The maximum Gasteiger partial charge on any atom is 0.305 e. The van der Waals surface area contributed by atoms with E-state index in [-0.39, 0.29) is 5.97 Å². The Hall–Kier alpha value is -0.960. The summed E-state index contributed by atoms with van der Waals surface area (Å²) >= 11 is 1.79. The molecule has 0 bridgehead atoms. The summed E-state index contributed by atoms with van der Waals surface area (Å²) < 4.78 is 4.59. The topological polar surface area (TPSA) is 26.3 Å². The first kappa shape index (κ1) is 13.1. The lowest BCUT2D eigenvalue weighted by atomic mass is 10.1. The Balaban J connectivity index is 2.32. The van der Waals surface area contributed by atoms with E-state index in [0.29, 0.717) is 6.42 Å². The molecule has 0 N–H and O–H groups in total. The van der Waals surface area contributed by atoms with Crippen LogP contribution in [0.4, 0.5) is 0 Å². The lowest BCUT2D eigenvalue weighted by Gasteiger charge is -2.04. The summed E-state index contributed by atoms with van der Waals surface area (Å²) in [6, 6.07) is 6.46. The van der Waals surface area contributed by atoms with Gasteiger partial charge in [-0.1, -0.05) is 6.07 Å². The molecule has 1 aromatic rings. The minimum atomic E-state index is -0.124. The summed E-state index contributed by atoms with van der Waals surface area (Å²) in [5.74, 6) is 0.832. The van der Waals surface area contributed by atoms with E-state index in [1.54, 1.807) is 11.8 Å². The van der Waals surface area contributed by atoms with Gasteiger partial charge in [0.25, 0.3) is 0 Å². The highest BCUT2D eigenvalue weighted by molar-refractivity contribution is 7.99. The SMILES string of the molecule is COC(=O)CCCSc1ccc(C)c(C)c1. The third kappa shape index (κ3) is 4.27. The highest BCUT2D eigenvalue weighted by Gasteiger charge is 2.01. The summed E-state index contributed by atoms with van der Waals surface area (Å²) in [5, 5.41) is 0. The van der Waals surface area contributed by atoms with Gasteiger partial charge in [0, 0.05) is 11.3 Å². The molecule has 1 aromatic carbocycles. The molecule has 0 atom stereocenters. The first-order chi connectivity index (χ1) is 7.63. The van der Waals surface area contributed by atoms with Crippen LogP contribution in [0.3, 0.4) is 0 Å². The Labute approximate surface area is 101 Å². The molecular formula is C13H18O2S. The largest absolute Gasteiger partial charge is 0.469 e. The van der Waals surface area contributed by atoms with Gasteiger partial charge in [0.05, 0.1) is 7.11 Å². The predicted molar refractivity (Wildman–Crippen MR) is 67.9 cm³/mol. The highest BCUT2D eigenvalue weighted by atomic mass is 32.2.